The first-order chi connectivity index (χ1) is 8.44. The second-order valence-corrected chi connectivity index (χ2v) is 12.5. The van der Waals surface area contributed by atoms with Crippen molar-refractivity contribution < 1.29 is 13.7 Å². The Labute approximate surface area is 117 Å². The number of hydrogen-bond donors (Lipinski definition) is 0. The van der Waals surface area contributed by atoms with E-state index in [1.54, 1.807) is 0 Å². The van der Waals surface area contributed by atoms with Crippen LogP contribution in [0.5, 0.6) is 0 Å². The maximum Gasteiger partial charge on any atom is 0.498 e. The number of rotatable bonds is 2. The summed E-state index contributed by atoms with van der Waals surface area (Å²) in [7, 11) is -1.76. The van der Waals surface area contributed by atoms with Gasteiger partial charge in [-0.15, -0.1) is 0 Å². The molecule has 0 spiro atoms. The van der Waals surface area contributed by atoms with Crippen LogP contribution in [0.1, 0.15) is 33.5 Å². The lowest BCUT2D eigenvalue weighted by Crippen LogP contribution is -2.41. The normalized spacial score (nSPS) is 22.0. The second-order valence-electron chi connectivity index (χ2n) is 7.46. The smallest absolute Gasteiger partial charge is 0.472 e. The van der Waals surface area contributed by atoms with E-state index in [-0.39, 0.29) is 18.3 Å². The molecule has 0 unspecified atom stereocenters. The van der Waals surface area contributed by atoms with E-state index in [0.29, 0.717) is 0 Å². The molecular weight excluding hydrogens is 255 g/mol. The summed E-state index contributed by atoms with van der Waals surface area (Å²) in [6.45, 7) is 17.1. The van der Waals surface area contributed by atoms with Crippen molar-refractivity contribution in [1.82, 2.24) is 0 Å². The zero-order valence-electron chi connectivity index (χ0n) is 13.4. The Bertz CT molecular complexity index is 469. The summed E-state index contributed by atoms with van der Waals surface area (Å²) in [5, 5.41) is 1.11. The minimum atomic E-state index is -1.44. The molecule has 5 heteroatoms. The Morgan fingerprint density at radius 3 is 1.84 bits per heavy atom. The van der Waals surface area contributed by atoms with Gasteiger partial charge in [0.2, 0.25) is 0 Å². The lowest BCUT2D eigenvalue weighted by molar-refractivity contribution is 0.00578. The third-order valence-electron chi connectivity index (χ3n) is 4.20. The van der Waals surface area contributed by atoms with Crippen LogP contribution in [0, 0.1) is 6.92 Å². The third kappa shape index (κ3) is 2.56. The molecular formula is C14H25BO3Si. The summed E-state index contributed by atoms with van der Waals surface area (Å²) in [5.41, 5.74) is 0.428. The lowest BCUT2D eigenvalue weighted by Gasteiger charge is -2.32. The molecule has 0 radical (unpaired) electrons. The van der Waals surface area contributed by atoms with Gasteiger partial charge in [0.15, 0.2) is 0 Å². The molecule has 1 aliphatic rings. The van der Waals surface area contributed by atoms with Crippen molar-refractivity contribution >= 4 is 26.0 Å². The van der Waals surface area contributed by atoms with Crippen LogP contribution in [0.3, 0.4) is 0 Å². The molecule has 1 aromatic heterocycles. The van der Waals surface area contributed by atoms with E-state index in [0.717, 1.165) is 16.6 Å². The Hall–Kier alpha value is -0.518. The van der Waals surface area contributed by atoms with Crippen molar-refractivity contribution in [3.05, 3.63) is 11.8 Å². The highest BCUT2D eigenvalue weighted by Gasteiger charge is 2.52. The predicted octanol–water partition coefficient (Wildman–Crippen LogP) is 2.43. The van der Waals surface area contributed by atoms with Crippen LogP contribution in [-0.4, -0.2) is 26.4 Å². The van der Waals surface area contributed by atoms with Crippen LogP contribution < -0.4 is 10.8 Å². The summed E-state index contributed by atoms with van der Waals surface area (Å²) in [4.78, 5) is 0. The van der Waals surface area contributed by atoms with Gasteiger partial charge in [0.25, 0.3) is 0 Å². The first kappa shape index (κ1) is 14.9. The largest absolute Gasteiger partial charge is 0.498 e. The SMILES string of the molecule is Cc1oc([Si](C)(C)C)cc1B1OC(C)(C)C(C)(C)O1. The van der Waals surface area contributed by atoms with E-state index in [1.165, 1.54) is 0 Å². The zero-order chi connectivity index (χ0) is 14.6. The van der Waals surface area contributed by atoms with Gasteiger partial charge in [-0.1, -0.05) is 19.6 Å². The molecule has 1 fully saturated rings. The molecule has 2 rings (SSSR count). The maximum atomic E-state index is 6.09. The van der Waals surface area contributed by atoms with Crippen molar-refractivity contribution in [2.45, 2.75) is 65.5 Å². The molecule has 0 N–H and O–H groups in total. The van der Waals surface area contributed by atoms with Crippen LogP contribution >= 0.6 is 0 Å². The van der Waals surface area contributed by atoms with Gasteiger partial charge in [0, 0.05) is 5.46 Å². The average Bonchev–Trinajstić information content (AvgIpc) is 2.65. The molecule has 0 aromatic carbocycles. The van der Waals surface area contributed by atoms with Gasteiger partial charge in [-0.05, 0) is 40.7 Å². The fourth-order valence-corrected chi connectivity index (χ4v) is 3.12. The number of furan rings is 1. The standard InChI is InChI=1S/C14H25BO3Si/c1-10-11(9-12(16-10)19(6,7)8)15-17-13(2,3)14(4,5)18-15/h9H,1-8H3. The quantitative estimate of drug-likeness (QED) is 0.780. The summed E-state index contributed by atoms with van der Waals surface area (Å²) >= 11 is 0. The number of hydrogen-bond acceptors (Lipinski definition) is 3. The van der Waals surface area contributed by atoms with Crippen LogP contribution in [0.2, 0.25) is 19.6 Å². The van der Waals surface area contributed by atoms with Crippen molar-refractivity contribution in [3.63, 3.8) is 0 Å². The second kappa shape index (κ2) is 4.24. The van der Waals surface area contributed by atoms with Crippen molar-refractivity contribution in [2.24, 2.45) is 0 Å². The molecule has 106 valence electrons. The van der Waals surface area contributed by atoms with Gasteiger partial charge >= 0.3 is 7.12 Å². The number of aryl methyl sites for hydroxylation is 1. The Kier molecular flexibility index (Phi) is 3.32. The molecule has 1 saturated heterocycles. The van der Waals surface area contributed by atoms with Crippen LogP contribution in [0.15, 0.2) is 10.5 Å². The van der Waals surface area contributed by atoms with E-state index in [2.05, 4.69) is 53.4 Å². The van der Waals surface area contributed by atoms with Gasteiger partial charge in [-0.25, -0.2) is 0 Å². The van der Waals surface area contributed by atoms with Gasteiger partial charge < -0.3 is 13.7 Å². The molecule has 19 heavy (non-hydrogen) atoms. The summed E-state index contributed by atoms with van der Waals surface area (Å²) in [5.74, 6) is 0.913. The van der Waals surface area contributed by atoms with E-state index in [9.17, 15) is 0 Å². The van der Waals surface area contributed by atoms with Crippen LogP contribution in [0.4, 0.5) is 0 Å². The van der Waals surface area contributed by atoms with Crippen LogP contribution in [-0.2, 0) is 9.31 Å². The molecule has 0 atom stereocenters. The molecule has 1 aliphatic heterocycles. The first-order valence-corrected chi connectivity index (χ1v) is 10.4. The zero-order valence-corrected chi connectivity index (χ0v) is 14.4. The van der Waals surface area contributed by atoms with Gasteiger partial charge in [0.1, 0.15) is 8.07 Å². The highest BCUT2D eigenvalue weighted by atomic mass is 28.3. The van der Waals surface area contributed by atoms with E-state index >= 15 is 0 Å². The molecule has 0 bridgehead atoms. The fourth-order valence-electron chi connectivity index (χ4n) is 2.07. The van der Waals surface area contributed by atoms with Crippen LogP contribution in [0.25, 0.3) is 0 Å². The molecule has 2 heterocycles. The molecule has 3 nitrogen and oxygen atoms in total. The summed E-state index contributed by atoms with van der Waals surface area (Å²) < 4.78 is 18.1. The third-order valence-corrected chi connectivity index (χ3v) is 5.93. The van der Waals surface area contributed by atoms with Crippen molar-refractivity contribution in [2.75, 3.05) is 0 Å². The first-order valence-electron chi connectivity index (χ1n) is 6.90. The van der Waals surface area contributed by atoms with Gasteiger partial charge in [0.05, 0.1) is 22.3 Å². The molecule has 0 amide bonds. The molecule has 0 saturated carbocycles. The maximum absolute atomic E-state index is 6.09. The van der Waals surface area contributed by atoms with E-state index < -0.39 is 8.07 Å². The van der Waals surface area contributed by atoms with Gasteiger partial charge in [-0.3, -0.25) is 0 Å². The minimum Gasteiger partial charge on any atom is -0.472 e. The lowest BCUT2D eigenvalue weighted by atomic mass is 9.79. The molecule has 0 aliphatic carbocycles. The molecule has 1 aromatic rings. The Morgan fingerprint density at radius 1 is 1.00 bits per heavy atom. The minimum absolute atomic E-state index is 0.305. The van der Waals surface area contributed by atoms with E-state index in [4.69, 9.17) is 13.7 Å². The van der Waals surface area contributed by atoms with Gasteiger partial charge in [-0.2, -0.15) is 0 Å². The Balaban J connectivity index is 2.33. The predicted molar refractivity (Wildman–Crippen MR) is 82.1 cm³/mol. The fraction of sp³-hybridized carbons (Fsp3) is 0.714. The van der Waals surface area contributed by atoms with Crippen molar-refractivity contribution in [1.29, 1.82) is 0 Å². The monoisotopic (exact) mass is 280 g/mol. The highest BCUT2D eigenvalue weighted by molar-refractivity contribution is 6.88. The van der Waals surface area contributed by atoms with E-state index in [1.807, 2.05) is 6.92 Å². The summed E-state index contributed by atoms with van der Waals surface area (Å²) in [6, 6.07) is 2.13. The average molecular weight is 280 g/mol. The topological polar surface area (TPSA) is 31.6 Å². The highest BCUT2D eigenvalue weighted by Crippen LogP contribution is 2.36. The van der Waals surface area contributed by atoms with Crippen molar-refractivity contribution in [3.8, 4) is 0 Å². The Morgan fingerprint density at radius 2 is 1.47 bits per heavy atom. The summed E-state index contributed by atoms with van der Waals surface area (Å²) in [6.07, 6.45) is 0.